The molecule has 0 aliphatic carbocycles. The van der Waals surface area contributed by atoms with Gasteiger partial charge in [-0.1, -0.05) is 0 Å². The number of hydrogen-bond acceptors (Lipinski definition) is 6. The van der Waals surface area contributed by atoms with E-state index in [1.165, 1.54) is 0 Å². The van der Waals surface area contributed by atoms with E-state index in [1.807, 2.05) is 7.05 Å². The summed E-state index contributed by atoms with van der Waals surface area (Å²) in [6, 6.07) is 0.226. The topological polar surface area (TPSA) is 59.5 Å². The molecule has 1 aromatic rings. The van der Waals surface area contributed by atoms with Gasteiger partial charge < -0.3 is 19.7 Å². The zero-order valence-corrected chi connectivity index (χ0v) is 12.2. The molecule has 1 rings (SSSR count). The Morgan fingerprint density at radius 1 is 1.26 bits per heavy atom. The van der Waals surface area contributed by atoms with Crippen LogP contribution in [0.5, 0.6) is 0 Å². The second-order valence-corrected chi connectivity index (χ2v) is 4.39. The summed E-state index contributed by atoms with van der Waals surface area (Å²) in [5, 5.41) is 3.05. The molecular weight excluding hydrogens is 244 g/mol. The number of rotatable bonds is 9. The summed E-state index contributed by atoms with van der Waals surface area (Å²) in [5.74, 6) is 0.849. The maximum Gasteiger partial charge on any atom is 0.147 e. The van der Waals surface area contributed by atoms with E-state index < -0.39 is 0 Å². The smallest absolute Gasteiger partial charge is 0.147 e. The maximum atomic E-state index is 5.21. The molecule has 0 aliphatic rings. The molecule has 1 atom stereocenters. The average molecular weight is 268 g/mol. The first kappa shape index (κ1) is 15.8. The monoisotopic (exact) mass is 268 g/mol. The normalized spacial score (nSPS) is 12.4. The van der Waals surface area contributed by atoms with Crippen LogP contribution in [0.3, 0.4) is 0 Å². The van der Waals surface area contributed by atoms with Gasteiger partial charge in [-0.2, -0.15) is 0 Å². The molecule has 19 heavy (non-hydrogen) atoms. The van der Waals surface area contributed by atoms with Gasteiger partial charge in [-0.25, -0.2) is 4.98 Å². The minimum Gasteiger partial charge on any atom is -0.383 e. The highest BCUT2D eigenvalue weighted by Crippen LogP contribution is 2.13. The van der Waals surface area contributed by atoms with Gasteiger partial charge in [0.15, 0.2) is 0 Å². The van der Waals surface area contributed by atoms with Crippen molar-refractivity contribution in [3.05, 3.63) is 18.1 Å². The quantitative estimate of drug-likeness (QED) is 0.711. The second-order valence-electron chi connectivity index (χ2n) is 4.39. The summed E-state index contributed by atoms with van der Waals surface area (Å²) in [6.45, 7) is 4.88. The SMILES string of the molecule is CNCc1cnc(N(CCOC)C(C)COC)cn1. The standard InChI is InChI=1S/C13H24N4O2/c1-11(10-19-4)17(5-6-18-3)13-9-15-12(7-14-2)8-16-13/h8-9,11,14H,5-7,10H2,1-4H3. The highest BCUT2D eigenvalue weighted by Gasteiger charge is 2.15. The van der Waals surface area contributed by atoms with Gasteiger partial charge in [-0.05, 0) is 14.0 Å². The van der Waals surface area contributed by atoms with Crippen molar-refractivity contribution in [2.24, 2.45) is 0 Å². The molecule has 1 heterocycles. The highest BCUT2D eigenvalue weighted by molar-refractivity contribution is 5.37. The molecule has 0 fully saturated rings. The van der Waals surface area contributed by atoms with Gasteiger partial charge in [0.25, 0.3) is 0 Å². The molecule has 0 aromatic carbocycles. The predicted octanol–water partition coefficient (Wildman–Crippen LogP) is 0.684. The van der Waals surface area contributed by atoms with Crippen molar-refractivity contribution >= 4 is 5.82 Å². The van der Waals surface area contributed by atoms with Crippen LogP contribution < -0.4 is 10.2 Å². The van der Waals surface area contributed by atoms with Gasteiger partial charge in [0.2, 0.25) is 0 Å². The Hall–Kier alpha value is -1.24. The Morgan fingerprint density at radius 2 is 2.05 bits per heavy atom. The van der Waals surface area contributed by atoms with Crippen molar-refractivity contribution in [3.63, 3.8) is 0 Å². The summed E-state index contributed by atoms with van der Waals surface area (Å²) in [5.41, 5.74) is 0.928. The van der Waals surface area contributed by atoms with Gasteiger partial charge in [0.05, 0.1) is 37.3 Å². The van der Waals surface area contributed by atoms with Gasteiger partial charge in [0, 0.05) is 27.3 Å². The Balaban J connectivity index is 2.77. The predicted molar refractivity (Wildman–Crippen MR) is 75.4 cm³/mol. The van der Waals surface area contributed by atoms with E-state index in [0.717, 1.165) is 24.6 Å². The highest BCUT2D eigenvalue weighted by atomic mass is 16.5. The van der Waals surface area contributed by atoms with E-state index in [2.05, 4.69) is 27.1 Å². The molecular formula is C13H24N4O2. The van der Waals surface area contributed by atoms with Crippen LogP contribution in [0.25, 0.3) is 0 Å². The average Bonchev–Trinajstić information content (AvgIpc) is 2.41. The second kappa shape index (κ2) is 8.79. The zero-order chi connectivity index (χ0) is 14.1. The van der Waals surface area contributed by atoms with Gasteiger partial charge in [-0.3, -0.25) is 4.98 Å². The van der Waals surface area contributed by atoms with E-state index in [1.54, 1.807) is 26.6 Å². The molecule has 0 aliphatic heterocycles. The fourth-order valence-corrected chi connectivity index (χ4v) is 1.85. The number of ether oxygens (including phenoxy) is 2. The molecule has 0 spiro atoms. The fraction of sp³-hybridized carbons (Fsp3) is 0.692. The number of anilines is 1. The Labute approximate surface area is 115 Å². The van der Waals surface area contributed by atoms with Crippen molar-refractivity contribution in [1.82, 2.24) is 15.3 Å². The van der Waals surface area contributed by atoms with E-state index in [0.29, 0.717) is 13.2 Å². The summed E-state index contributed by atoms with van der Waals surface area (Å²) in [7, 11) is 5.29. The lowest BCUT2D eigenvalue weighted by atomic mass is 10.3. The molecule has 0 amide bonds. The lowest BCUT2D eigenvalue weighted by Crippen LogP contribution is -2.39. The number of hydrogen-bond donors (Lipinski definition) is 1. The fourth-order valence-electron chi connectivity index (χ4n) is 1.85. The van der Waals surface area contributed by atoms with Crippen LogP contribution in [0.15, 0.2) is 12.4 Å². The molecule has 0 radical (unpaired) electrons. The summed E-state index contributed by atoms with van der Waals surface area (Å²) in [6.07, 6.45) is 3.60. The maximum absolute atomic E-state index is 5.21. The van der Waals surface area contributed by atoms with Gasteiger partial charge in [0.1, 0.15) is 5.82 Å². The van der Waals surface area contributed by atoms with Gasteiger partial charge in [-0.15, -0.1) is 0 Å². The molecule has 0 saturated carbocycles. The Bertz CT molecular complexity index is 345. The van der Waals surface area contributed by atoms with Crippen LogP contribution >= 0.6 is 0 Å². The number of nitrogens with zero attached hydrogens (tertiary/aromatic N) is 3. The summed E-state index contributed by atoms with van der Waals surface area (Å²) in [4.78, 5) is 11.0. The van der Waals surface area contributed by atoms with E-state index >= 15 is 0 Å². The van der Waals surface area contributed by atoms with Crippen LogP contribution in [0, 0.1) is 0 Å². The van der Waals surface area contributed by atoms with E-state index in [-0.39, 0.29) is 6.04 Å². The van der Waals surface area contributed by atoms with Gasteiger partial charge >= 0.3 is 0 Å². The molecule has 1 aromatic heterocycles. The largest absolute Gasteiger partial charge is 0.383 e. The lowest BCUT2D eigenvalue weighted by molar-refractivity contribution is 0.170. The molecule has 1 N–H and O–H groups in total. The molecule has 0 bridgehead atoms. The van der Waals surface area contributed by atoms with Crippen molar-refractivity contribution in [2.75, 3.05) is 45.9 Å². The van der Waals surface area contributed by atoms with Crippen LogP contribution in [0.4, 0.5) is 5.82 Å². The van der Waals surface area contributed by atoms with E-state index in [9.17, 15) is 0 Å². The number of methoxy groups -OCH3 is 2. The number of nitrogens with one attached hydrogen (secondary N) is 1. The third-order valence-corrected chi connectivity index (χ3v) is 2.82. The minimum atomic E-state index is 0.226. The number of aromatic nitrogens is 2. The van der Waals surface area contributed by atoms with Crippen molar-refractivity contribution < 1.29 is 9.47 Å². The van der Waals surface area contributed by atoms with Crippen molar-refractivity contribution in [1.29, 1.82) is 0 Å². The van der Waals surface area contributed by atoms with E-state index in [4.69, 9.17) is 9.47 Å². The summed E-state index contributed by atoms with van der Waals surface area (Å²) >= 11 is 0. The third-order valence-electron chi connectivity index (χ3n) is 2.82. The Morgan fingerprint density at radius 3 is 2.58 bits per heavy atom. The van der Waals surface area contributed by atoms with Crippen LogP contribution in [-0.2, 0) is 16.0 Å². The summed E-state index contributed by atoms with van der Waals surface area (Å²) < 4.78 is 10.4. The zero-order valence-electron chi connectivity index (χ0n) is 12.2. The first-order chi connectivity index (χ1) is 9.22. The van der Waals surface area contributed by atoms with Crippen LogP contribution in [-0.4, -0.2) is 57.0 Å². The van der Waals surface area contributed by atoms with Crippen LogP contribution in [0.2, 0.25) is 0 Å². The molecule has 6 heteroatoms. The lowest BCUT2D eigenvalue weighted by Gasteiger charge is -2.29. The molecule has 6 nitrogen and oxygen atoms in total. The first-order valence-electron chi connectivity index (χ1n) is 6.43. The molecule has 0 saturated heterocycles. The molecule has 108 valence electrons. The van der Waals surface area contributed by atoms with Crippen molar-refractivity contribution in [3.8, 4) is 0 Å². The third kappa shape index (κ3) is 5.10. The Kier molecular flexibility index (Phi) is 7.32. The minimum absolute atomic E-state index is 0.226. The first-order valence-corrected chi connectivity index (χ1v) is 6.43. The van der Waals surface area contributed by atoms with Crippen molar-refractivity contribution in [2.45, 2.75) is 19.5 Å². The molecule has 1 unspecified atom stereocenters. The van der Waals surface area contributed by atoms with Crippen LogP contribution in [0.1, 0.15) is 12.6 Å².